The molecular formula is C17H15ClN2O6. The molecule has 1 aromatic carbocycles. The van der Waals surface area contributed by atoms with E-state index in [2.05, 4.69) is 5.32 Å². The van der Waals surface area contributed by atoms with Gasteiger partial charge in [-0.15, -0.1) is 0 Å². The van der Waals surface area contributed by atoms with Crippen LogP contribution in [-0.4, -0.2) is 23.4 Å². The average molecular weight is 379 g/mol. The van der Waals surface area contributed by atoms with E-state index in [1.165, 1.54) is 12.1 Å². The summed E-state index contributed by atoms with van der Waals surface area (Å²) in [6, 6.07) is 9.21. The smallest absolute Gasteiger partial charge is 0.433 e. The fourth-order valence-electron chi connectivity index (χ4n) is 2.05. The van der Waals surface area contributed by atoms with E-state index < -0.39 is 29.3 Å². The molecule has 0 fully saturated rings. The molecule has 26 heavy (non-hydrogen) atoms. The number of halogens is 1. The standard InChI is InChI=1S/C17H15ClN2O6/c1-11(13-4-2-3-5-14(13)18)19-15(21)10-25-17(22)9-7-12-6-8-16(26-12)20(23)24/h2-9,11H,10H2,1H3,(H,19,21)/b9-7+/t11-/m0/s1. The summed E-state index contributed by atoms with van der Waals surface area (Å²) in [5, 5.41) is 13.7. The van der Waals surface area contributed by atoms with Crippen LogP contribution in [0.4, 0.5) is 5.88 Å². The minimum absolute atomic E-state index is 0.116. The highest BCUT2D eigenvalue weighted by atomic mass is 35.5. The number of ether oxygens (including phenoxy) is 1. The number of nitro groups is 1. The molecule has 136 valence electrons. The summed E-state index contributed by atoms with van der Waals surface area (Å²) in [6.45, 7) is 1.28. The second kappa shape index (κ2) is 8.82. The number of furan rings is 1. The van der Waals surface area contributed by atoms with Gasteiger partial charge in [0.05, 0.1) is 12.1 Å². The molecule has 8 nitrogen and oxygen atoms in total. The molecule has 9 heteroatoms. The molecule has 1 aromatic heterocycles. The Morgan fingerprint density at radius 2 is 2.08 bits per heavy atom. The first-order valence-corrected chi connectivity index (χ1v) is 7.87. The van der Waals surface area contributed by atoms with Crippen LogP contribution in [0.15, 0.2) is 46.9 Å². The van der Waals surface area contributed by atoms with Gasteiger partial charge in [-0.25, -0.2) is 4.79 Å². The number of nitrogens with zero attached hydrogens (tertiary/aromatic N) is 1. The number of nitrogens with one attached hydrogen (secondary N) is 1. The number of hydrogen-bond donors (Lipinski definition) is 1. The summed E-state index contributed by atoms with van der Waals surface area (Å²) in [6.07, 6.45) is 2.22. The van der Waals surface area contributed by atoms with Crippen molar-refractivity contribution in [2.24, 2.45) is 0 Å². The van der Waals surface area contributed by atoms with E-state index in [4.69, 9.17) is 20.8 Å². The number of carbonyl (C=O) groups excluding carboxylic acids is 2. The second-order valence-corrected chi connectivity index (χ2v) is 5.59. The van der Waals surface area contributed by atoms with Crippen molar-refractivity contribution < 1.29 is 23.7 Å². The number of benzene rings is 1. The molecule has 0 unspecified atom stereocenters. The first kappa shape index (κ1) is 19.2. The van der Waals surface area contributed by atoms with Gasteiger partial charge in [-0.1, -0.05) is 29.8 Å². The predicted molar refractivity (Wildman–Crippen MR) is 93.4 cm³/mol. The molecule has 0 bridgehead atoms. The van der Waals surface area contributed by atoms with Crippen molar-refractivity contribution in [3.63, 3.8) is 0 Å². The van der Waals surface area contributed by atoms with E-state index in [-0.39, 0.29) is 11.8 Å². The van der Waals surface area contributed by atoms with Crippen molar-refractivity contribution in [3.05, 3.63) is 68.9 Å². The lowest BCUT2D eigenvalue weighted by Gasteiger charge is -2.15. The van der Waals surface area contributed by atoms with Crippen LogP contribution in [0.3, 0.4) is 0 Å². The van der Waals surface area contributed by atoms with Gasteiger partial charge < -0.3 is 14.5 Å². The topological polar surface area (TPSA) is 112 Å². The zero-order valence-corrected chi connectivity index (χ0v) is 14.4. The monoisotopic (exact) mass is 378 g/mol. The zero-order chi connectivity index (χ0) is 19.1. The Balaban J connectivity index is 1.81. The van der Waals surface area contributed by atoms with Crippen LogP contribution in [0.2, 0.25) is 5.02 Å². The van der Waals surface area contributed by atoms with E-state index >= 15 is 0 Å². The Bertz CT molecular complexity index is 845. The maximum atomic E-state index is 11.8. The van der Waals surface area contributed by atoms with Crippen molar-refractivity contribution in [2.75, 3.05) is 6.61 Å². The molecule has 2 rings (SSSR count). The fourth-order valence-corrected chi connectivity index (χ4v) is 2.35. The van der Waals surface area contributed by atoms with Crippen molar-refractivity contribution in [3.8, 4) is 0 Å². The predicted octanol–water partition coefficient (Wildman–Crippen LogP) is 3.28. The number of esters is 1. The molecule has 1 atom stereocenters. The van der Waals surface area contributed by atoms with Crippen LogP contribution in [0.1, 0.15) is 24.3 Å². The first-order valence-electron chi connectivity index (χ1n) is 7.49. The van der Waals surface area contributed by atoms with Crippen LogP contribution in [-0.2, 0) is 14.3 Å². The summed E-state index contributed by atoms with van der Waals surface area (Å²) in [7, 11) is 0. The average Bonchev–Trinajstić information content (AvgIpc) is 3.08. The van der Waals surface area contributed by atoms with Gasteiger partial charge in [-0.2, -0.15) is 0 Å². The lowest BCUT2D eigenvalue weighted by atomic mass is 10.1. The summed E-state index contributed by atoms with van der Waals surface area (Å²) >= 11 is 6.05. The van der Waals surface area contributed by atoms with Gasteiger partial charge in [-0.3, -0.25) is 14.9 Å². The van der Waals surface area contributed by atoms with E-state index in [0.717, 1.165) is 17.7 Å². The molecule has 0 aliphatic rings. The largest absolute Gasteiger partial charge is 0.452 e. The van der Waals surface area contributed by atoms with Crippen LogP contribution in [0.5, 0.6) is 0 Å². The second-order valence-electron chi connectivity index (χ2n) is 5.18. The number of hydrogen-bond acceptors (Lipinski definition) is 6. The Kier molecular flexibility index (Phi) is 6.51. The molecule has 0 spiro atoms. The SMILES string of the molecule is C[C@H](NC(=O)COC(=O)/C=C/c1ccc([N+](=O)[O-])o1)c1ccccc1Cl. The lowest BCUT2D eigenvalue weighted by molar-refractivity contribution is -0.402. The van der Waals surface area contributed by atoms with Crippen LogP contribution in [0, 0.1) is 10.1 Å². The van der Waals surface area contributed by atoms with E-state index in [0.29, 0.717) is 5.02 Å². The van der Waals surface area contributed by atoms with Crippen molar-refractivity contribution in [1.82, 2.24) is 5.32 Å². The molecular weight excluding hydrogens is 364 g/mol. The van der Waals surface area contributed by atoms with E-state index in [9.17, 15) is 19.7 Å². The summed E-state index contributed by atoms with van der Waals surface area (Å²) in [4.78, 5) is 33.2. The Morgan fingerprint density at radius 3 is 2.73 bits per heavy atom. The third-order valence-corrected chi connectivity index (χ3v) is 3.62. The third-order valence-electron chi connectivity index (χ3n) is 3.27. The molecule has 2 aromatic rings. The first-order chi connectivity index (χ1) is 12.4. The quantitative estimate of drug-likeness (QED) is 0.342. The van der Waals surface area contributed by atoms with Crippen molar-refractivity contribution in [2.45, 2.75) is 13.0 Å². The summed E-state index contributed by atoms with van der Waals surface area (Å²) in [5.74, 6) is -1.60. The molecule has 1 N–H and O–H groups in total. The van der Waals surface area contributed by atoms with E-state index in [1.807, 2.05) is 0 Å². The van der Waals surface area contributed by atoms with Crippen LogP contribution < -0.4 is 5.32 Å². The van der Waals surface area contributed by atoms with Gasteiger partial charge in [0.2, 0.25) is 0 Å². The maximum Gasteiger partial charge on any atom is 0.433 e. The molecule has 1 heterocycles. The zero-order valence-electron chi connectivity index (χ0n) is 13.7. The molecule has 0 aliphatic carbocycles. The molecule has 0 saturated carbocycles. The van der Waals surface area contributed by atoms with Gasteiger partial charge in [0.1, 0.15) is 10.7 Å². The highest BCUT2D eigenvalue weighted by molar-refractivity contribution is 6.31. The van der Waals surface area contributed by atoms with Gasteiger partial charge in [-0.05, 0) is 30.7 Å². The minimum atomic E-state index is -0.787. The third kappa shape index (κ3) is 5.45. The van der Waals surface area contributed by atoms with Gasteiger partial charge in [0.25, 0.3) is 5.91 Å². The Morgan fingerprint density at radius 1 is 1.35 bits per heavy atom. The molecule has 0 radical (unpaired) electrons. The number of carbonyl (C=O) groups is 2. The van der Waals surface area contributed by atoms with Crippen molar-refractivity contribution >= 4 is 35.4 Å². The van der Waals surface area contributed by atoms with Gasteiger partial charge in [0, 0.05) is 11.1 Å². The molecule has 0 aliphatic heterocycles. The number of rotatable bonds is 7. The van der Waals surface area contributed by atoms with Crippen LogP contribution >= 0.6 is 11.6 Å². The molecule has 1 amide bonds. The highest BCUT2D eigenvalue weighted by Crippen LogP contribution is 2.22. The Hall–Kier alpha value is -3.13. The van der Waals surface area contributed by atoms with Crippen molar-refractivity contribution in [1.29, 1.82) is 0 Å². The van der Waals surface area contributed by atoms with Crippen LogP contribution in [0.25, 0.3) is 6.08 Å². The minimum Gasteiger partial charge on any atom is -0.452 e. The van der Waals surface area contributed by atoms with Gasteiger partial charge in [0.15, 0.2) is 6.61 Å². The Labute approximate surface area is 153 Å². The van der Waals surface area contributed by atoms with Gasteiger partial charge >= 0.3 is 11.9 Å². The maximum absolute atomic E-state index is 11.8. The normalized spacial score (nSPS) is 11.9. The highest BCUT2D eigenvalue weighted by Gasteiger charge is 2.14. The summed E-state index contributed by atoms with van der Waals surface area (Å²) in [5.41, 5.74) is 0.744. The fraction of sp³-hybridized carbons (Fsp3) is 0.176. The summed E-state index contributed by atoms with van der Waals surface area (Å²) < 4.78 is 9.65. The number of amides is 1. The molecule has 0 saturated heterocycles. The lowest BCUT2D eigenvalue weighted by Crippen LogP contribution is -2.31. The van der Waals surface area contributed by atoms with E-state index in [1.54, 1.807) is 31.2 Å².